The second kappa shape index (κ2) is 5.58. The maximum absolute atomic E-state index is 9.88. The van der Waals surface area contributed by atoms with E-state index in [1.54, 1.807) is 6.07 Å². The lowest BCUT2D eigenvalue weighted by Gasteiger charge is -2.21. The molecule has 0 saturated heterocycles. The number of rotatable bonds is 3. The molecule has 0 radical (unpaired) electrons. The van der Waals surface area contributed by atoms with Gasteiger partial charge in [-0.05, 0) is 49.1 Å². The van der Waals surface area contributed by atoms with Gasteiger partial charge in [-0.2, -0.15) is 0 Å². The second-order valence-electron chi connectivity index (χ2n) is 6.20. The number of anilines is 1. The SMILES string of the molecule is Cc1nc2ccc(O)cc2c2c1CCN2CCc1ccccc1. The van der Waals surface area contributed by atoms with Crippen molar-refractivity contribution in [1.29, 1.82) is 0 Å². The molecule has 2 heterocycles. The lowest BCUT2D eigenvalue weighted by Crippen LogP contribution is -2.23. The monoisotopic (exact) mass is 304 g/mol. The average Bonchev–Trinajstić information content (AvgIpc) is 3.00. The molecule has 3 heteroatoms. The van der Waals surface area contributed by atoms with Crippen LogP contribution in [0.5, 0.6) is 5.75 Å². The third-order valence-electron chi connectivity index (χ3n) is 4.71. The first-order chi connectivity index (χ1) is 11.2. The number of pyridine rings is 1. The van der Waals surface area contributed by atoms with Gasteiger partial charge in [-0.3, -0.25) is 4.98 Å². The minimum Gasteiger partial charge on any atom is -0.508 e. The summed E-state index contributed by atoms with van der Waals surface area (Å²) in [7, 11) is 0. The van der Waals surface area contributed by atoms with E-state index in [1.807, 2.05) is 12.1 Å². The van der Waals surface area contributed by atoms with Gasteiger partial charge >= 0.3 is 0 Å². The van der Waals surface area contributed by atoms with Gasteiger partial charge in [0.25, 0.3) is 0 Å². The number of hydrogen-bond donors (Lipinski definition) is 1. The van der Waals surface area contributed by atoms with E-state index in [4.69, 9.17) is 4.98 Å². The second-order valence-corrected chi connectivity index (χ2v) is 6.20. The Morgan fingerprint density at radius 3 is 2.78 bits per heavy atom. The maximum atomic E-state index is 9.88. The fraction of sp³-hybridized carbons (Fsp3) is 0.250. The summed E-state index contributed by atoms with van der Waals surface area (Å²) in [5.41, 5.74) is 6.03. The quantitative estimate of drug-likeness (QED) is 0.798. The van der Waals surface area contributed by atoms with E-state index in [-0.39, 0.29) is 0 Å². The first kappa shape index (κ1) is 14.1. The van der Waals surface area contributed by atoms with E-state index in [0.29, 0.717) is 5.75 Å². The molecule has 2 aromatic carbocycles. The number of phenolic OH excluding ortho intramolecular Hbond substituents is 1. The van der Waals surface area contributed by atoms with Gasteiger partial charge < -0.3 is 10.0 Å². The van der Waals surface area contributed by atoms with Crippen molar-refractivity contribution >= 4 is 16.6 Å². The molecule has 1 aromatic heterocycles. The van der Waals surface area contributed by atoms with Crippen LogP contribution in [0.2, 0.25) is 0 Å². The maximum Gasteiger partial charge on any atom is 0.116 e. The van der Waals surface area contributed by atoms with Crippen molar-refractivity contribution in [2.75, 3.05) is 18.0 Å². The summed E-state index contributed by atoms with van der Waals surface area (Å²) in [5.74, 6) is 0.306. The number of fused-ring (bicyclic) bond motifs is 3. The molecule has 3 aromatic rings. The summed E-state index contributed by atoms with van der Waals surface area (Å²) in [6, 6.07) is 16.1. The summed E-state index contributed by atoms with van der Waals surface area (Å²) >= 11 is 0. The highest BCUT2D eigenvalue weighted by Crippen LogP contribution is 2.37. The molecular weight excluding hydrogens is 284 g/mol. The van der Waals surface area contributed by atoms with Gasteiger partial charge in [-0.1, -0.05) is 30.3 Å². The summed E-state index contributed by atoms with van der Waals surface area (Å²) in [5, 5.41) is 10.9. The topological polar surface area (TPSA) is 36.4 Å². The fourth-order valence-electron chi connectivity index (χ4n) is 3.54. The molecule has 1 N–H and O–H groups in total. The van der Waals surface area contributed by atoms with Gasteiger partial charge in [0.1, 0.15) is 5.75 Å². The smallest absolute Gasteiger partial charge is 0.116 e. The highest BCUT2D eigenvalue weighted by Gasteiger charge is 2.24. The zero-order chi connectivity index (χ0) is 15.8. The predicted octanol–water partition coefficient (Wildman–Crippen LogP) is 3.85. The Morgan fingerprint density at radius 1 is 1.13 bits per heavy atom. The van der Waals surface area contributed by atoms with Crippen molar-refractivity contribution in [3.05, 3.63) is 65.4 Å². The van der Waals surface area contributed by atoms with E-state index in [0.717, 1.165) is 42.5 Å². The Balaban J connectivity index is 1.72. The fourth-order valence-corrected chi connectivity index (χ4v) is 3.54. The van der Waals surface area contributed by atoms with Crippen molar-refractivity contribution in [1.82, 2.24) is 4.98 Å². The predicted molar refractivity (Wildman–Crippen MR) is 94.2 cm³/mol. The number of phenols is 1. The Labute approximate surface area is 136 Å². The third kappa shape index (κ3) is 2.52. The van der Waals surface area contributed by atoms with Crippen molar-refractivity contribution in [3.8, 4) is 5.75 Å². The molecule has 0 fully saturated rings. The highest BCUT2D eigenvalue weighted by molar-refractivity contribution is 5.95. The number of benzene rings is 2. The van der Waals surface area contributed by atoms with Gasteiger partial charge in [-0.15, -0.1) is 0 Å². The van der Waals surface area contributed by atoms with Crippen LogP contribution in [0.3, 0.4) is 0 Å². The van der Waals surface area contributed by atoms with Gasteiger partial charge in [-0.25, -0.2) is 0 Å². The van der Waals surface area contributed by atoms with E-state index < -0.39 is 0 Å². The van der Waals surface area contributed by atoms with Crippen LogP contribution in [-0.2, 0) is 12.8 Å². The van der Waals surface area contributed by atoms with Crippen LogP contribution in [0.1, 0.15) is 16.8 Å². The van der Waals surface area contributed by atoms with Crippen molar-refractivity contribution in [2.45, 2.75) is 19.8 Å². The van der Waals surface area contributed by atoms with Gasteiger partial charge in [0.05, 0.1) is 11.2 Å². The van der Waals surface area contributed by atoms with Crippen LogP contribution in [0.15, 0.2) is 48.5 Å². The zero-order valence-corrected chi connectivity index (χ0v) is 13.3. The first-order valence-electron chi connectivity index (χ1n) is 8.13. The number of aryl methyl sites for hydroxylation is 1. The number of aromatic nitrogens is 1. The largest absolute Gasteiger partial charge is 0.508 e. The Bertz CT molecular complexity index is 858. The normalized spacial score (nSPS) is 13.5. The lowest BCUT2D eigenvalue weighted by atomic mass is 10.1. The molecule has 1 aliphatic heterocycles. The van der Waals surface area contributed by atoms with Crippen molar-refractivity contribution < 1.29 is 5.11 Å². The summed E-state index contributed by atoms with van der Waals surface area (Å²) in [6.45, 7) is 4.11. The molecule has 0 aliphatic carbocycles. The Kier molecular flexibility index (Phi) is 3.41. The number of hydrogen-bond acceptors (Lipinski definition) is 3. The van der Waals surface area contributed by atoms with Crippen LogP contribution in [0.4, 0.5) is 5.69 Å². The highest BCUT2D eigenvalue weighted by atomic mass is 16.3. The van der Waals surface area contributed by atoms with Crippen LogP contribution >= 0.6 is 0 Å². The summed E-state index contributed by atoms with van der Waals surface area (Å²) < 4.78 is 0. The lowest BCUT2D eigenvalue weighted by molar-refractivity contribution is 0.476. The molecule has 0 bridgehead atoms. The molecular formula is C20H20N2O. The van der Waals surface area contributed by atoms with Gasteiger partial charge in [0.15, 0.2) is 0 Å². The molecule has 0 spiro atoms. The number of nitrogens with zero attached hydrogens (tertiary/aromatic N) is 2. The summed E-state index contributed by atoms with van der Waals surface area (Å²) in [4.78, 5) is 7.15. The molecule has 0 unspecified atom stereocenters. The molecule has 0 saturated carbocycles. The molecule has 116 valence electrons. The van der Waals surface area contributed by atoms with Crippen molar-refractivity contribution in [2.24, 2.45) is 0 Å². The van der Waals surface area contributed by atoms with Gasteiger partial charge in [0, 0.05) is 24.2 Å². The Hall–Kier alpha value is -2.55. The van der Waals surface area contributed by atoms with E-state index in [2.05, 4.69) is 42.2 Å². The minimum absolute atomic E-state index is 0.306. The molecule has 4 rings (SSSR count). The molecule has 1 aliphatic rings. The minimum atomic E-state index is 0.306. The first-order valence-corrected chi connectivity index (χ1v) is 8.13. The van der Waals surface area contributed by atoms with Crippen LogP contribution < -0.4 is 4.90 Å². The van der Waals surface area contributed by atoms with E-state index in [9.17, 15) is 5.11 Å². The molecule has 23 heavy (non-hydrogen) atoms. The van der Waals surface area contributed by atoms with E-state index in [1.165, 1.54) is 16.8 Å². The molecule has 0 atom stereocenters. The molecule has 0 amide bonds. The van der Waals surface area contributed by atoms with Crippen molar-refractivity contribution in [3.63, 3.8) is 0 Å². The van der Waals surface area contributed by atoms with Crippen LogP contribution in [0.25, 0.3) is 10.9 Å². The summed E-state index contributed by atoms with van der Waals surface area (Å²) in [6.07, 6.45) is 2.07. The van der Waals surface area contributed by atoms with Gasteiger partial charge in [0.2, 0.25) is 0 Å². The number of aromatic hydroxyl groups is 1. The van der Waals surface area contributed by atoms with E-state index >= 15 is 0 Å². The Morgan fingerprint density at radius 2 is 1.96 bits per heavy atom. The standard InChI is InChI=1S/C20H20N2O/c1-14-17-10-12-22(11-9-15-5-3-2-4-6-15)20(17)18-13-16(23)7-8-19(18)21-14/h2-8,13,23H,9-12H2,1H3. The molecule has 3 nitrogen and oxygen atoms in total. The zero-order valence-electron chi connectivity index (χ0n) is 13.3. The van der Waals surface area contributed by atoms with Crippen LogP contribution in [-0.4, -0.2) is 23.2 Å². The third-order valence-corrected chi connectivity index (χ3v) is 4.71. The average molecular weight is 304 g/mol. The van der Waals surface area contributed by atoms with Crippen LogP contribution in [0, 0.1) is 6.92 Å².